The van der Waals surface area contributed by atoms with Crippen molar-refractivity contribution in [3.63, 3.8) is 0 Å². The van der Waals surface area contributed by atoms with E-state index in [0.717, 1.165) is 56.1 Å². The van der Waals surface area contributed by atoms with E-state index >= 15 is 0 Å². The Morgan fingerprint density at radius 3 is 2.58 bits per heavy atom. The van der Waals surface area contributed by atoms with Crippen LogP contribution in [0.3, 0.4) is 0 Å². The molecule has 0 amide bonds. The standard InChI is InChI=1S/C17H24N6O3/c1-12-11-23-13-14(19(2)17(25)20(3)15(13)24)18-16(23)22(12)6-4-5-21-7-9-26-10-8-21/h11H,4-10H2,1-3H3. The van der Waals surface area contributed by atoms with Crippen molar-refractivity contribution in [3.05, 3.63) is 32.7 Å². The molecular formula is C17H24N6O3. The lowest BCUT2D eigenvalue weighted by Gasteiger charge is -2.26. The van der Waals surface area contributed by atoms with Crippen molar-refractivity contribution in [1.29, 1.82) is 0 Å². The molecule has 1 saturated heterocycles. The Labute approximate surface area is 150 Å². The number of aromatic nitrogens is 5. The van der Waals surface area contributed by atoms with Crippen LogP contribution in [0.5, 0.6) is 0 Å². The number of hydrogen-bond donors (Lipinski definition) is 0. The minimum absolute atomic E-state index is 0.318. The summed E-state index contributed by atoms with van der Waals surface area (Å²) < 4.78 is 11.9. The molecule has 0 aromatic carbocycles. The van der Waals surface area contributed by atoms with Crippen molar-refractivity contribution in [2.24, 2.45) is 14.1 Å². The first-order valence-corrected chi connectivity index (χ1v) is 8.93. The Bertz CT molecular complexity index is 1080. The van der Waals surface area contributed by atoms with Crippen LogP contribution in [0, 0.1) is 6.92 Å². The summed E-state index contributed by atoms with van der Waals surface area (Å²) in [6.45, 7) is 7.40. The van der Waals surface area contributed by atoms with Crippen molar-refractivity contribution in [1.82, 2.24) is 28.0 Å². The Morgan fingerprint density at radius 1 is 1.12 bits per heavy atom. The molecule has 9 nitrogen and oxygen atoms in total. The summed E-state index contributed by atoms with van der Waals surface area (Å²) in [5, 5.41) is 0. The number of hydrogen-bond acceptors (Lipinski definition) is 5. The number of ether oxygens (including phenoxy) is 1. The first-order valence-electron chi connectivity index (χ1n) is 8.93. The molecule has 0 saturated carbocycles. The third-order valence-electron chi connectivity index (χ3n) is 5.22. The van der Waals surface area contributed by atoms with Crippen molar-refractivity contribution >= 4 is 16.9 Å². The first-order chi connectivity index (χ1) is 12.5. The zero-order valence-corrected chi connectivity index (χ0v) is 15.4. The van der Waals surface area contributed by atoms with E-state index in [4.69, 9.17) is 4.74 Å². The number of rotatable bonds is 4. The minimum atomic E-state index is -0.362. The summed E-state index contributed by atoms with van der Waals surface area (Å²) >= 11 is 0. The van der Waals surface area contributed by atoms with Gasteiger partial charge in [0.2, 0.25) is 5.78 Å². The zero-order valence-electron chi connectivity index (χ0n) is 15.4. The van der Waals surface area contributed by atoms with Crippen LogP contribution in [-0.4, -0.2) is 60.8 Å². The van der Waals surface area contributed by atoms with Gasteiger partial charge in [-0.2, -0.15) is 4.98 Å². The molecule has 0 spiro atoms. The van der Waals surface area contributed by atoms with E-state index in [9.17, 15) is 9.59 Å². The molecule has 26 heavy (non-hydrogen) atoms. The number of imidazole rings is 2. The fourth-order valence-corrected chi connectivity index (χ4v) is 3.68. The lowest BCUT2D eigenvalue weighted by molar-refractivity contribution is 0.0369. The van der Waals surface area contributed by atoms with Crippen LogP contribution < -0.4 is 11.2 Å². The number of nitrogens with zero attached hydrogens (tertiary/aromatic N) is 6. The van der Waals surface area contributed by atoms with Crippen LogP contribution in [0.2, 0.25) is 0 Å². The summed E-state index contributed by atoms with van der Waals surface area (Å²) in [5.41, 5.74) is 1.24. The van der Waals surface area contributed by atoms with Crippen LogP contribution >= 0.6 is 0 Å². The molecular weight excluding hydrogens is 336 g/mol. The number of morpholine rings is 1. The molecule has 4 heterocycles. The Morgan fingerprint density at radius 2 is 1.85 bits per heavy atom. The molecule has 3 aromatic rings. The molecule has 140 valence electrons. The molecule has 0 radical (unpaired) electrons. The molecule has 0 atom stereocenters. The van der Waals surface area contributed by atoms with Gasteiger partial charge < -0.3 is 9.30 Å². The summed E-state index contributed by atoms with van der Waals surface area (Å²) in [7, 11) is 3.14. The monoisotopic (exact) mass is 360 g/mol. The molecule has 0 unspecified atom stereocenters. The van der Waals surface area contributed by atoms with E-state index in [2.05, 4.69) is 14.5 Å². The molecule has 1 aliphatic rings. The Hall–Kier alpha value is -2.39. The van der Waals surface area contributed by atoms with Crippen LogP contribution in [0.15, 0.2) is 15.8 Å². The highest BCUT2D eigenvalue weighted by Crippen LogP contribution is 2.16. The van der Waals surface area contributed by atoms with E-state index in [1.165, 1.54) is 11.6 Å². The van der Waals surface area contributed by atoms with Gasteiger partial charge in [-0.3, -0.25) is 23.2 Å². The molecule has 0 bridgehead atoms. The average molecular weight is 360 g/mol. The minimum Gasteiger partial charge on any atom is -0.379 e. The third kappa shape index (κ3) is 2.58. The highest BCUT2D eigenvalue weighted by molar-refractivity contribution is 5.75. The maximum Gasteiger partial charge on any atom is 0.332 e. The number of aryl methyl sites for hydroxylation is 3. The Kier molecular flexibility index (Phi) is 4.20. The van der Waals surface area contributed by atoms with Crippen molar-refractivity contribution in [3.8, 4) is 0 Å². The van der Waals surface area contributed by atoms with Crippen molar-refractivity contribution in [2.45, 2.75) is 19.9 Å². The molecule has 4 rings (SSSR count). The molecule has 0 aliphatic carbocycles. The van der Waals surface area contributed by atoms with Gasteiger partial charge in [0.25, 0.3) is 5.56 Å². The summed E-state index contributed by atoms with van der Waals surface area (Å²) in [6, 6.07) is 0. The zero-order chi connectivity index (χ0) is 18.4. The third-order valence-corrected chi connectivity index (χ3v) is 5.22. The number of fused-ring (bicyclic) bond motifs is 3. The van der Waals surface area contributed by atoms with E-state index < -0.39 is 0 Å². The van der Waals surface area contributed by atoms with Gasteiger partial charge in [-0.15, -0.1) is 0 Å². The van der Waals surface area contributed by atoms with Gasteiger partial charge in [0.05, 0.1) is 13.2 Å². The fraction of sp³-hybridized carbons (Fsp3) is 0.588. The molecule has 9 heteroatoms. The van der Waals surface area contributed by atoms with Crippen LogP contribution in [-0.2, 0) is 25.4 Å². The molecule has 0 N–H and O–H groups in total. The fourth-order valence-electron chi connectivity index (χ4n) is 3.68. The smallest absolute Gasteiger partial charge is 0.332 e. The lowest BCUT2D eigenvalue weighted by Crippen LogP contribution is -2.37. The van der Waals surface area contributed by atoms with E-state index in [1.807, 2.05) is 13.1 Å². The van der Waals surface area contributed by atoms with Gasteiger partial charge in [-0.1, -0.05) is 0 Å². The summed E-state index contributed by atoms with van der Waals surface area (Å²) in [6.07, 6.45) is 2.91. The highest BCUT2D eigenvalue weighted by Gasteiger charge is 2.19. The predicted molar refractivity (Wildman–Crippen MR) is 97.8 cm³/mol. The second kappa shape index (κ2) is 6.40. The van der Waals surface area contributed by atoms with Gasteiger partial charge in [-0.05, 0) is 13.3 Å². The van der Waals surface area contributed by atoms with E-state index in [-0.39, 0.29) is 11.2 Å². The van der Waals surface area contributed by atoms with Gasteiger partial charge in [0, 0.05) is 52.2 Å². The molecule has 3 aromatic heterocycles. The van der Waals surface area contributed by atoms with Crippen LogP contribution in [0.4, 0.5) is 0 Å². The quantitative estimate of drug-likeness (QED) is 0.639. The second-order valence-electron chi connectivity index (χ2n) is 6.89. The summed E-state index contributed by atoms with van der Waals surface area (Å²) in [4.78, 5) is 31.7. The van der Waals surface area contributed by atoms with Crippen LogP contribution in [0.25, 0.3) is 16.9 Å². The SMILES string of the molecule is Cc1cn2c3c(=O)n(C)c(=O)n(C)c3nc2n1CCCN1CCOCC1. The van der Waals surface area contributed by atoms with Crippen molar-refractivity contribution in [2.75, 3.05) is 32.8 Å². The Balaban J connectivity index is 1.70. The van der Waals surface area contributed by atoms with Crippen molar-refractivity contribution < 1.29 is 4.74 Å². The molecule has 1 fully saturated rings. The van der Waals surface area contributed by atoms with Gasteiger partial charge in [0.15, 0.2) is 11.2 Å². The summed E-state index contributed by atoms with van der Waals surface area (Å²) in [5.74, 6) is 0.706. The molecule has 1 aliphatic heterocycles. The lowest BCUT2D eigenvalue weighted by atomic mass is 10.3. The van der Waals surface area contributed by atoms with Crippen LogP contribution in [0.1, 0.15) is 12.1 Å². The second-order valence-corrected chi connectivity index (χ2v) is 6.89. The topological polar surface area (TPSA) is 78.7 Å². The average Bonchev–Trinajstić information content (AvgIpc) is 3.15. The maximum atomic E-state index is 12.6. The van der Waals surface area contributed by atoms with Gasteiger partial charge in [-0.25, -0.2) is 4.79 Å². The highest BCUT2D eigenvalue weighted by atomic mass is 16.5. The van der Waals surface area contributed by atoms with Gasteiger partial charge in [0.1, 0.15) is 0 Å². The first kappa shape index (κ1) is 17.0. The van der Waals surface area contributed by atoms with E-state index in [1.54, 1.807) is 11.4 Å². The predicted octanol–water partition coefficient (Wildman–Crippen LogP) is -0.283. The largest absolute Gasteiger partial charge is 0.379 e. The normalized spacial score (nSPS) is 16.1. The van der Waals surface area contributed by atoms with E-state index in [0.29, 0.717) is 16.9 Å². The maximum absolute atomic E-state index is 12.6. The van der Waals surface area contributed by atoms with Gasteiger partial charge >= 0.3 is 5.69 Å².